The van der Waals surface area contributed by atoms with Gasteiger partial charge in [-0.1, -0.05) is 107 Å². The predicted molar refractivity (Wildman–Crippen MR) is 205 cm³/mol. The Morgan fingerprint density at radius 3 is 2.25 bits per heavy atom. The lowest BCUT2D eigenvalue weighted by Crippen LogP contribution is -2.86. The largest absolute Gasteiger partial charge is 0.573 e. The van der Waals surface area contributed by atoms with Crippen molar-refractivity contribution in [2.75, 3.05) is 11.4 Å². The Morgan fingerprint density at radius 1 is 0.877 bits per heavy atom. The monoisotopic (exact) mass is 799 g/mol. The van der Waals surface area contributed by atoms with Crippen molar-refractivity contribution in [1.82, 2.24) is 0 Å². The number of nitrogens with zero attached hydrogens (tertiary/aromatic N) is 1. The van der Waals surface area contributed by atoms with Crippen LogP contribution in [-0.4, -0.2) is 31.3 Å². The van der Waals surface area contributed by atoms with Gasteiger partial charge >= 0.3 is 18.7 Å². The standard InChI is InChI=1S/C45H43F9N2O/c1-27(22-32-19-18-31-14-8-9-15-35(31)41(32)55-38-25-33(43(46,47)48)24-37(29(38)3)44(49,50)51)23-34(57-45(52,53)54)26-40-42(4,5)36-16-10-11-17-39(36)56(40)21-20-30-13-7-6-12-28(30)2/h6-19,23-26,28-30,38,55H,1,20-22H2,2-5H3/p+1. The van der Waals surface area contributed by atoms with Gasteiger partial charge in [0.25, 0.3) is 0 Å². The van der Waals surface area contributed by atoms with E-state index in [9.17, 15) is 39.5 Å². The summed E-state index contributed by atoms with van der Waals surface area (Å²) in [5.41, 5.74) is -0.0508. The van der Waals surface area contributed by atoms with Gasteiger partial charge in [0.2, 0.25) is 0 Å². The zero-order chi connectivity index (χ0) is 41.5. The third kappa shape index (κ3) is 9.27. The fourth-order valence-electron chi connectivity index (χ4n) is 8.11. The molecule has 0 spiro atoms. The molecular weight excluding hydrogens is 755 g/mol. The molecule has 3 aromatic carbocycles. The van der Waals surface area contributed by atoms with E-state index in [4.69, 9.17) is 0 Å². The number of hydrogen-bond donors (Lipinski definition) is 1. The number of benzene rings is 3. The van der Waals surface area contributed by atoms with Crippen LogP contribution in [0.2, 0.25) is 0 Å². The number of ether oxygens (including phenoxy) is 1. The zero-order valence-electron chi connectivity index (χ0n) is 31.9. The van der Waals surface area contributed by atoms with Crippen LogP contribution >= 0.6 is 0 Å². The number of halogens is 9. The van der Waals surface area contributed by atoms with Crippen LogP contribution in [0.1, 0.15) is 45.2 Å². The molecule has 1 aliphatic heterocycles. The van der Waals surface area contributed by atoms with Gasteiger partial charge in [-0.05, 0) is 65.1 Å². The number of anilines is 1. The summed E-state index contributed by atoms with van der Waals surface area (Å²) in [5, 5.41) is 2.61. The number of fused-ring (bicyclic) bond motifs is 2. The maximum atomic E-state index is 14.1. The average molecular weight is 800 g/mol. The lowest BCUT2D eigenvalue weighted by molar-refractivity contribution is -0.605. The Labute approximate surface area is 326 Å². The molecule has 302 valence electrons. The van der Waals surface area contributed by atoms with Crippen LogP contribution in [0.3, 0.4) is 0 Å². The Kier molecular flexibility index (Phi) is 11.5. The first-order chi connectivity index (χ1) is 26.6. The van der Waals surface area contributed by atoms with Gasteiger partial charge in [0.15, 0.2) is 0 Å². The van der Waals surface area contributed by atoms with Crippen LogP contribution < -0.4 is 10.2 Å². The van der Waals surface area contributed by atoms with Crippen LogP contribution in [0.4, 0.5) is 50.9 Å². The lowest BCUT2D eigenvalue weighted by atomic mass is 9.83. The highest BCUT2D eigenvalue weighted by atomic mass is 19.4. The van der Waals surface area contributed by atoms with Crippen LogP contribution in [0.25, 0.3) is 10.8 Å². The van der Waals surface area contributed by atoms with E-state index in [0.717, 1.165) is 23.7 Å². The zero-order valence-corrected chi connectivity index (χ0v) is 31.9. The second-order valence-electron chi connectivity index (χ2n) is 15.4. The molecule has 3 aromatic rings. The van der Waals surface area contributed by atoms with Gasteiger partial charge in [-0.25, -0.2) is 0 Å². The van der Waals surface area contributed by atoms with Gasteiger partial charge in [-0.2, -0.15) is 26.3 Å². The summed E-state index contributed by atoms with van der Waals surface area (Å²) in [6.45, 7) is 11.8. The number of allylic oxidation sites excluding steroid dienone is 10. The number of nitrogens with two attached hydrogens (primary N) is 1. The highest BCUT2D eigenvalue weighted by Crippen LogP contribution is 2.49. The Bertz CT molecular complexity index is 2200. The predicted octanol–water partition coefficient (Wildman–Crippen LogP) is 12.0. The van der Waals surface area contributed by atoms with Gasteiger partial charge in [-0.3, -0.25) is 0 Å². The number of quaternary nitrogens is 1. The van der Waals surface area contributed by atoms with E-state index in [-0.39, 0.29) is 29.9 Å². The van der Waals surface area contributed by atoms with Crippen molar-refractivity contribution in [2.45, 2.75) is 70.7 Å². The van der Waals surface area contributed by atoms with Crippen molar-refractivity contribution in [3.05, 3.63) is 155 Å². The molecule has 2 N–H and O–H groups in total. The van der Waals surface area contributed by atoms with E-state index < -0.39 is 53.0 Å². The number of hydrogen-bond acceptors (Lipinski definition) is 2. The van der Waals surface area contributed by atoms with E-state index in [1.54, 1.807) is 36.4 Å². The second kappa shape index (κ2) is 15.8. The minimum atomic E-state index is -5.07. The molecule has 1 heterocycles. The molecule has 12 heteroatoms. The number of rotatable bonds is 10. The van der Waals surface area contributed by atoms with Crippen molar-refractivity contribution in [3.8, 4) is 0 Å². The molecule has 2 aliphatic carbocycles. The third-order valence-corrected chi connectivity index (χ3v) is 11.1. The van der Waals surface area contributed by atoms with Crippen LogP contribution in [0.15, 0.2) is 144 Å². The van der Waals surface area contributed by atoms with Crippen molar-refractivity contribution in [2.24, 2.45) is 17.8 Å². The molecule has 0 amide bonds. The van der Waals surface area contributed by atoms with E-state index >= 15 is 0 Å². The fraction of sp³-hybridized carbons (Fsp3) is 0.333. The molecule has 0 bridgehead atoms. The van der Waals surface area contributed by atoms with E-state index in [0.29, 0.717) is 34.3 Å². The molecule has 0 fully saturated rings. The maximum absolute atomic E-state index is 14.1. The Balaban J connectivity index is 1.38. The van der Waals surface area contributed by atoms with E-state index in [1.807, 2.05) is 55.2 Å². The molecule has 0 saturated heterocycles. The van der Waals surface area contributed by atoms with Gasteiger partial charge in [-0.15, -0.1) is 13.2 Å². The minimum Gasteiger partial charge on any atom is -0.406 e. The number of alkyl halides is 9. The first-order valence-corrected chi connectivity index (χ1v) is 18.7. The first-order valence-electron chi connectivity index (χ1n) is 18.7. The summed E-state index contributed by atoms with van der Waals surface area (Å²) < 4.78 is 131. The molecule has 4 atom stereocenters. The molecule has 0 radical (unpaired) electrons. The molecule has 57 heavy (non-hydrogen) atoms. The lowest BCUT2D eigenvalue weighted by Gasteiger charge is -2.30. The molecule has 0 aromatic heterocycles. The first kappa shape index (κ1) is 41.7. The highest BCUT2D eigenvalue weighted by molar-refractivity contribution is 5.92. The topological polar surface area (TPSA) is 29.1 Å². The van der Waals surface area contributed by atoms with Crippen LogP contribution in [0.5, 0.6) is 0 Å². The normalized spacial score (nSPS) is 23.1. The summed E-state index contributed by atoms with van der Waals surface area (Å²) >= 11 is 0. The molecule has 6 rings (SSSR count). The molecule has 3 nitrogen and oxygen atoms in total. The smallest absolute Gasteiger partial charge is 0.406 e. The average Bonchev–Trinajstić information content (AvgIpc) is 3.32. The summed E-state index contributed by atoms with van der Waals surface area (Å²) in [6.07, 6.45) is -2.71. The van der Waals surface area contributed by atoms with Gasteiger partial charge < -0.3 is 15.0 Å². The molecule has 0 saturated carbocycles. The quantitative estimate of drug-likeness (QED) is 0.0958. The Morgan fingerprint density at radius 2 is 1.56 bits per heavy atom. The summed E-state index contributed by atoms with van der Waals surface area (Å²) in [5.74, 6) is -1.37. The number of para-hydroxylation sites is 1. The molecule has 3 aliphatic rings. The van der Waals surface area contributed by atoms with Gasteiger partial charge in [0.1, 0.15) is 17.5 Å². The van der Waals surface area contributed by atoms with Crippen molar-refractivity contribution < 1.29 is 49.6 Å². The van der Waals surface area contributed by atoms with Crippen LogP contribution in [0, 0.1) is 17.8 Å². The third-order valence-electron chi connectivity index (χ3n) is 11.1. The van der Waals surface area contributed by atoms with Gasteiger partial charge in [0, 0.05) is 58.3 Å². The van der Waals surface area contributed by atoms with E-state index in [1.165, 1.54) is 24.4 Å². The Hall–Kier alpha value is -4.97. The van der Waals surface area contributed by atoms with Crippen molar-refractivity contribution in [1.29, 1.82) is 0 Å². The fourth-order valence-corrected chi connectivity index (χ4v) is 8.11. The van der Waals surface area contributed by atoms with Gasteiger partial charge in [0.05, 0.1) is 5.57 Å². The summed E-state index contributed by atoms with van der Waals surface area (Å²) in [7, 11) is 0. The van der Waals surface area contributed by atoms with Crippen molar-refractivity contribution in [3.63, 3.8) is 0 Å². The minimum absolute atomic E-state index is 0.0871. The molecule has 4 unspecified atom stereocenters. The van der Waals surface area contributed by atoms with Crippen molar-refractivity contribution >= 4 is 22.1 Å². The SMILES string of the molecule is C=C(C=C(C=C1N(CCC2C=CC=CC2C)c2ccccc2C1(C)C)OC(F)(F)F)Cc1ccc2ccccc2c1[NH2+]C1C=C(C(F)(F)F)C=C(C(F)(F)F)C1C. The summed E-state index contributed by atoms with van der Waals surface area (Å²) in [4.78, 5) is 2.03. The van der Waals surface area contributed by atoms with Crippen LogP contribution in [-0.2, 0) is 16.6 Å². The van der Waals surface area contributed by atoms with E-state index in [2.05, 4.69) is 30.4 Å². The maximum Gasteiger partial charge on any atom is 0.573 e. The second-order valence-corrected chi connectivity index (χ2v) is 15.4. The molecular formula is C45H44F9N2O+. The summed E-state index contributed by atoms with van der Waals surface area (Å²) in [6, 6.07) is 16.6. The highest BCUT2D eigenvalue weighted by Gasteiger charge is 2.47.